The second-order valence-electron chi connectivity index (χ2n) is 3.70. The largest absolute Gasteiger partial charge is 0.377 e. The average Bonchev–Trinajstić information content (AvgIpc) is 1.88. The summed E-state index contributed by atoms with van der Waals surface area (Å²) in [5.74, 6) is 5.87. The first-order chi connectivity index (χ1) is 4.95. The molecular formula is C8H20N2O. The van der Waals surface area contributed by atoms with Crippen LogP contribution in [0.2, 0.25) is 0 Å². The van der Waals surface area contributed by atoms with E-state index in [4.69, 9.17) is 10.6 Å². The van der Waals surface area contributed by atoms with Gasteiger partial charge in [-0.25, -0.2) is 0 Å². The van der Waals surface area contributed by atoms with Crippen LogP contribution in [-0.4, -0.2) is 18.8 Å². The molecule has 0 fully saturated rings. The Hall–Kier alpha value is -0.120. The summed E-state index contributed by atoms with van der Waals surface area (Å²) in [5, 5.41) is 0. The number of hydrazine groups is 1. The number of ether oxygens (including phenoxy) is 1. The van der Waals surface area contributed by atoms with Crippen molar-refractivity contribution in [1.82, 2.24) is 5.43 Å². The molecule has 0 aliphatic heterocycles. The Morgan fingerprint density at radius 3 is 1.91 bits per heavy atom. The van der Waals surface area contributed by atoms with Crippen molar-refractivity contribution in [3.63, 3.8) is 0 Å². The van der Waals surface area contributed by atoms with E-state index in [9.17, 15) is 0 Å². The lowest BCUT2D eigenvalue weighted by Crippen LogP contribution is -2.53. The smallest absolute Gasteiger partial charge is 0.0790 e. The molecule has 0 saturated carbocycles. The molecule has 3 heteroatoms. The predicted octanol–water partition coefficient (Wildman–Crippen LogP) is 0.899. The van der Waals surface area contributed by atoms with Gasteiger partial charge < -0.3 is 4.74 Å². The average molecular weight is 160 g/mol. The van der Waals surface area contributed by atoms with E-state index in [0.29, 0.717) is 5.92 Å². The molecule has 0 heterocycles. The highest BCUT2D eigenvalue weighted by molar-refractivity contribution is 4.85. The molecule has 0 amide bonds. The van der Waals surface area contributed by atoms with Crippen LogP contribution >= 0.6 is 0 Å². The lowest BCUT2D eigenvalue weighted by Gasteiger charge is -2.35. The highest BCUT2D eigenvalue weighted by atomic mass is 16.5. The van der Waals surface area contributed by atoms with Gasteiger partial charge in [0.15, 0.2) is 0 Å². The van der Waals surface area contributed by atoms with Crippen LogP contribution in [0.25, 0.3) is 0 Å². The normalized spacial score (nSPS) is 15.5. The topological polar surface area (TPSA) is 47.3 Å². The molecule has 68 valence electrons. The van der Waals surface area contributed by atoms with Crippen molar-refractivity contribution >= 4 is 0 Å². The van der Waals surface area contributed by atoms with Crippen LogP contribution in [0.4, 0.5) is 0 Å². The lowest BCUT2D eigenvalue weighted by atomic mass is 9.90. The van der Waals surface area contributed by atoms with Crippen LogP contribution in [0, 0.1) is 5.92 Å². The second kappa shape index (κ2) is 4.04. The van der Waals surface area contributed by atoms with Crippen LogP contribution in [0.3, 0.4) is 0 Å². The monoisotopic (exact) mass is 160 g/mol. The third-order valence-electron chi connectivity index (χ3n) is 2.12. The summed E-state index contributed by atoms with van der Waals surface area (Å²) in [5.41, 5.74) is 2.56. The van der Waals surface area contributed by atoms with Gasteiger partial charge in [0.1, 0.15) is 0 Å². The molecule has 0 bridgehead atoms. The molecule has 1 atom stereocenters. The van der Waals surface area contributed by atoms with Gasteiger partial charge in [0, 0.05) is 7.11 Å². The fourth-order valence-electron chi connectivity index (χ4n) is 1.32. The van der Waals surface area contributed by atoms with Gasteiger partial charge in [0.05, 0.1) is 11.6 Å². The number of hydrogen-bond donors (Lipinski definition) is 2. The van der Waals surface area contributed by atoms with Gasteiger partial charge in [-0.05, 0) is 19.8 Å². The molecule has 1 unspecified atom stereocenters. The van der Waals surface area contributed by atoms with Gasteiger partial charge in [-0.3, -0.25) is 11.3 Å². The van der Waals surface area contributed by atoms with E-state index >= 15 is 0 Å². The van der Waals surface area contributed by atoms with Crippen molar-refractivity contribution in [2.75, 3.05) is 7.11 Å². The highest BCUT2D eigenvalue weighted by Gasteiger charge is 2.30. The van der Waals surface area contributed by atoms with Gasteiger partial charge in [-0.2, -0.15) is 0 Å². The first-order valence-electron chi connectivity index (χ1n) is 3.97. The molecule has 0 spiro atoms. The molecule has 0 aliphatic rings. The zero-order valence-corrected chi connectivity index (χ0v) is 8.14. The van der Waals surface area contributed by atoms with Crippen molar-refractivity contribution in [2.45, 2.75) is 39.3 Å². The van der Waals surface area contributed by atoms with Crippen LogP contribution in [0.15, 0.2) is 0 Å². The molecule has 0 aliphatic carbocycles. The number of rotatable bonds is 4. The standard InChI is InChI=1S/C8H20N2O/c1-6(2)7(10-9)8(3,4)11-5/h6-7,10H,9H2,1-5H3. The van der Waals surface area contributed by atoms with Crippen molar-refractivity contribution in [1.29, 1.82) is 0 Å². The van der Waals surface area contributed by atoms with Gasteiger partial charge >= 0.3 is 0 Å². The summed E-state index contributed by atoms with van der Waals surface area (Å²) in [6.07, 6.45) is 0. The maximum Gasteiger partial charge on any atom is 0.0790 e. The van der Waals surface area contributed by atoms with Crippen molar-refractivity contribution in [3.8, 4) is 0 Å². The minimum Gasteiger partial charge on any atom is -0.377 e. The third kappa shape index (κ3) is 2.77. The van der Waals surface area contributed by atoms with Crippen LogP contribution in [-0.2, 0) is 4.74 Å². The number of nitrogens with two attached hydrogens (primary N) is 1. The third-order valence-corrected chi connectivity index (χ3v) is 2.12. The van der Waals surface area contributed by atoms with Crippen molar-refractivity contribution in [2.24, 2.45) is 11.8 Å². The van der Waals surface area contributed by atoms with Crippen LogP contribution in [0.5, 0.6) is 0 Å². The summed E-state index contributed by atoms with van der Waals surface area (Å²) in [6.45, 7) is 8.28. The minimum absolute atomic E-state index is 0.187. The fraction of sp³-hybridized carbons (Fsp3) is 1.00. The van der Waals surface area contributed by atoms with Crippen molar-refractivity contribution in [3.05, 3.63) is 0 Å². The maximum atomic E-state index is 5.41. The molecule has 0 rings (SSSR count). The second-order valence-corrected chi connectivity index (χ2v) is 3.70. The molecule has 11 heavy (non-hydrogen) atoms. The van der Waals surface area contributed by atoms with E-state index in [1.807, 2.05) is 13.8 Å². The Bertz CT molecular complexity index is 113. The first kappa shape index (κ1) is 10.9. The van der Waals surface area contributed by atoms with Gasteiger partial charge in [0.2, 0.25) is 0 Å². The van der Waals surface area contributed by atoms with E-state index in [0.717, 1.165) is 0 Å². The SMILES string of the molecule is COC(C)(C)C(NN)C(C)C. The fourth-order valence-corrected chi connectivity index (χ4v) is 1.32. The summed E-state index contributed by atoms with van der Waals surface area (Å²) in [4.78, 5) is 0. The van der Waals surface area contributed by atoms with Gasteiger partial charge in [0.25, 0.3) is 0 Å². The van der Waals surface area contributed by atoms with E-state index in [-0.39, 0.29) is 11.6 Å². The minimum atomic E-state index is -0.205. The van der Waals surface area contributed by atoms with Crippen LogP contribution in [0.1, 0.15) is 27.7 Å². The van der Waals surface area contributed by atoms with E-state index in [1.54, 1.807) is 7.11 Å². The summed E-state index contributed by atoms with van der Waals surface area (Å²) < 4.78 is 5.31. The number of hydrogen-bond acceptors (Lipinski definition) is 3. The van der Waals surface area contributed by atoms with E-state index in [2.05, 4.69) is 19.3 Å². The molecule has 0 saturated heterocycles. The van der Waals surface area contributed by atoms with Gasteiger partial charge in [-0.15, -0.1) is 0 Å². The number of methoxy groups -OCH3 is 1. The molecule has 0 aromatic heterocycles. The Balaban J connectivity index is 4.23. The van der Waals surface area contributed by atoms with Gasteiger partial charge in [-0.1, -0.05) is 13.8 Å². The van der Waals surface area contributed by atoms with Crippen molar-refractivity contribution < 1.29 is 4.74 Å². The summed E-state index contributed by atoms with van der Waals surface area (Å²) >= 11 is 0. The molecule has 3 nitrogen and oxygen atoms in total. The van der Waals surface area contributed by atoms with E-state index in [1.165, 1.54) is 0 Å². The lowest BCUT2D eigenvalue weighted by molar-refractivity contribution is -0.0233. The highest BCUT2D eigenvalue weighted by Crippen LogP contribution is 2.19. The Labute approximate surface area is 69.3 Å². The zero-order chi connectivity index (χ0) is 9.07. The zero-order valence-electron chi connectivity index (χ0n) is 8.14. The molecule has 0 aromatic rings. The Morgan fingerprint density at radius 2 is 1.82 bits per heavy atom. The summed E-state index contributed by atoms with van der Waals surface area (Å²) in [7, 11) is 1.70. The quantitative estimate of drug-likeness (QED) is 0.474. The van der Waals surface area contributed by atoms with E-state index < -0.39 is 0 Å². The summed E-state index contributed by atoms with van der Waals surface area (Å²) in [6, 6.07) is 0.187. The predicted molar refractivity (Wildman–Crippen MR) is 47.0 cm³/mol. The molecular weight excluding hydrogens is 140 g/mol. The number of nitrogens with one attached hydrogen (secondary N) is 1. The molecule has 3 N–H and O–H groups in total. The Kier molecular flexibility index (Phi) is 4.00. The maximum absolute atomic E-state index is 5.41. The van der Waals surface area contributed by atoms with Crippen LogP contribution < -0.4 is 11.3 Å². The first-order valence-corrected chi connectivity index (χ1v) is 3.97. The molecule has 0 radical (unpaired) electrons. The molecule has 0 aromatic carbocycles. The Morgan fingerprint density at radius 1 is 1.36 bits per heavy atom.